The van der Waals surface area contributed by atoms with Crippen molar-refractivity contribution in [2.24, 2.45) is 10.9 Å². The number of carbonyl (C=O) groups is 4. The summed E-state index contributed by atoms with van der Waals surface area (Å²) in [6, 6.07) is 9.46. The van der Waals surface area contributed by atoms with E-state index in [1.54, 1.807) is 35.6 Å². The number of para-hydroxylation sites is 1. The number of hydrogen-bond acceptors (Lipinski definition) is 8. The number of aliphatic imine (C=N–C) groups is 1. The van der Waals surface area contributed by atoms with Gasteiger partial charge in [0.05, 0.1) is 20.5 Å². The van der Waals surface area contributed by atoms with Crippen LogP contribution in [0.5, 0.6) is 0 Å². The lowest BCUT2D eigenvalue weighted by Crippen LogP contribution is -2.50. The van der Waals surface area contributed by atoms with Crippen LogP contribution in [0, 0.1) is 5.92 Å². The van der Waals surface area contributed by atoms with Gasteiger partial charge in [0, 0.05) is 16.8 Å². The van der Waals surface area contributed by atoms with Gasteiger partial charge in [-0.2, -0.15) is 0 Å². The van der Waals surface area contributed by atoms with Gasteiger partial charge in [0.25, 0.3) is 11.8 Å². The molecule has 198 valence electrons. The van der Waals surface area contributed by atoms with E-state index in [2.05, 4.69) is 27.0 Å². The maximum atomic E-state index is 12.8. The number of hydrogen-bond donors (Lipinski definition) is 4. The highest BCUT2D eigenvalue weighted by Gasteiger charge is 2.33. The maximum absolute atomic E-state index is 12.8. The van der Waals surface area contributed by atoms with Crippen LogP contribution >= 0.6 is 22.7 Å². The Morgan fingerprint density at radius 3 is 2.66 bits per heavy atom. The average molecular weight is 553 g/mol. The van der Waals surface area contributed by atoms with Crippen molar-refractivity contribution in [1.29, 1.82) is 0 Å². The Balaban J connectivity index is 1.17. The highest BCUT2D eigenvalue weighted by Crippen LogP contribution is 2.35. The Hall–Kier alpha value is -3.41. The number of benzene rings is 1. The Bertz CT molecular complexity index is 1370. The normalized spacial score (nSPS) is 18.0. The maximum Gasteiger partial charge on any atom is 0.328 e. The molecular formula is C27H28N4O5S2. The molecule has 0 spiro atoms. The van der Waals surface area contributed by atoms with Crippen molar-refractivity contribution < 1.29 is 24.3 Å². The minimum atomic E-state index is -1.38. The smallest absolute Gasteiger partial charge is 0.328 e. The molecule has 1 aromatic carbocycles. The van der Waals surface area contributed by atoms with E-state index in [0.717, 1.165) is 34.8 Å². The molecule has 38 heavy (non-hydrogen) atoms. The Kier molecular flexibility index (Phi) is 7.96. The lowest BCUT2D eigenvalue weighted by atomic mass is 9.93. The molecule has 2 atom stereocenters. The van der Waals surface area contributed by atoms with Crippen LogP contribution in [0.3, 0.4) is 0 Å². The monoisotopic (exact) mass is 552 g/mol. The van der Waals surface area contributed by atoms with Crippen LogP contribution in [0.15, 0.2) is 41.4 Å². The van der Waals surface area contributed by atoms with Crippen molar-refractivity contribution in [3.63, 3.8) is 0 Å². The molecule has 11 heteroatoms. The molecule has 0 aliphatic carbocycles. The van der Waals surface area contributed by atoms with Crippen molar-refractivity contribution >= 4 is 67.5 Å². The number of fused-ring (bicyclic) bond motifs is 2. The van der Waals surface area contributed by atoms with Crippen LogP contribution in [0.4, 0.5) is 5.69 Å². The third kappa shape index (κ3) is 5.69. The highest BCUT2D eigenvalue weighted by molar-refractivity contribution is 7.39. The largest absolute Gasteiger partial charge is 0.480 e. The van der Waals surface area contributed by atoms with Crippen LogP contribution in [0.1, 0.15) is 45.3 Å². The van der Waals surface area contributed by atoms with Crippen molar-refractivity contribution in [3.05, 3.63) is 51.7 Å². The molecule has 9 nitrogen and oxygen atoms in total. The Labute approximate surface area is 227 Å². The molecule has 0 saturated carbocycles. The van der Waals surface area contributed by atoms with Gasteiger partial charge < -0.3 is 25.9 Å². The molecular weight excluding hydrogens is 524 g/mol. The topological polar surface area (TPSA) is 137 Å². The number of rotatable bonds is 10. The summed E-state index contributed by atoms with van der Waals surface area (Å²) >= 11 is 3.09. The first-order valence-electron chi connectivity index (χ1n) is 12.6. The molecule has 2 unspecified atom stereocenters. The zero-order chi connectivity index (χ0) is 26.6. The summed E-state index contributed by atoms with van der Waals surface area (Å²) in [7, 11) is 0. The van der Waals surface area contributed by atoms with Crippen molar-refractivity contribution in [3.8, 4) is 0 Å². The molecule has 1 saturated heterocycles. The molecule has 1 fully saturated rings. The number of aldehydes is 1. The number of carboxylic acid groups (broad SMARTS) is 1. The summed E-state index contributed by atoms with van der Waals surface area (Å²) in [6.45, 7) is 1.88. The fourth-order valence-electron chi connectivity index (χ4n) is 4.89. The predicted molar refractivity (Wildman–Crippen MR) is 148 cm³/mol. The molecule has 2 aromatic heterocycles. The minimum Gasteiger partial charge on any atom is -0.480 e. The van der Waals surface area contributed by atoms with Gasteiger partial charge >= 0.3 is 5.97 Å². The fourth-order valence-corrected chi connectivity index (χ4v) is 7.31. The number of amides is 2. The van der Waals surface area contributed by atoms with E-state index in [1.165, 1.54) is 35.5 Å². The van der Waals surface area contributed by atoms with Crippen LogP contribution < -0.4 is 16.0 Å². The number of nitrogens with zero attached hydrogens (tertiary/aromatic N) is 1. The van der Waals surface area contributed by atoms with Gasteiger partial charge in [0.2, 0.25) is 0 Å². The van der Waals surface area contributed by atoms with E-state index in [9.17, 15) is 24.3 Å². The zero-order valence-electron chi connectivity index (χ0n) is 20.6. The number of aryl methyl sites for hydroxylation is 1. The lowest BCUT2D eigenvalue weighted by Gasteiger charge is -2.22. The summed E-state index contributed by atoms with van der Waals surface area (Å²) in [4.78, 5) is 55.0. The average Bonchev–Trinajstić information content (AvgIpc) is 3.61. The predicted octanol–water partition coefficient (Wildman–Crippen LogP) is 3.26. The third-order valence-corrected chi connectivity index (χ3v) is 9.44. The molecule has 4 N–H and O–H groups in total. The first kappa shape index (κ1) is 26.2. The second-order valence-electron chi connectivity index (χ2n) is 9.54. The third-order valence-electron chi connectivity index (χ3n) is 6.99. The summed E-state index contributed by atoms with van der Waals surface area (Å²) in [5.41, 5.74) is 1.04. The Morgan fingerprint density at radius 2 is 1.92 bits per heavy atom. The molecule has 0 bridgehead atoms. The van der Waals surface area contributed by atoms with E-state index in [0.29, 0.717) is 22.4 Å². The molecule has 5 rings (SSSR count). The van der Waals surface area contributed by atoms with Crippen LogP contribution in [-0.4, -0.2) is 60.6 Å². The van der Waals surface area contributed by atoms with E-state index < -0.39 is 29.7 Å². The molecule has 2 amide bonds. The summed E-state index contributed by atoms with van der Waals surface area (Å²) < 4.78 is 1.07. The number of thiophene rings is 2. The van der Waals surface area contributed by atoms with Crippen molar-refractivity contribution in [2.75, 3.05) is 19.6 Å². The SMILES string of the molecule is O=CC1C(C(=O)NC(CNC(=O)c2cc3cc(CCC4CCNCC4)sc3s2)C(=O)O)=Nc2ccccc21. The van der Waals surface area contributed by atoms with Crippen molar-refractivity contribution in [1.82, 2.24) is 16.0 Å². The molecule has 2 aliphatic heterocycles. The van der Waals surface area contributed by atoms with Crippen molar-refractivity contribution in [2.45, 2.75) is 37.6 Å². The summed E-state index contributed by atoms with van der Waals surface area (Å²) in [5.74, 6) is -2.55. The second-order valence-corrected chi connectivity index (χ2v) is 12.0. The van der Waals surface area contributed by atoms with Crippen LogP contribution in [0.25, 0.3) is 9.40 Å². The molecule has 0 radical (unpaired) electrons. The first-order valence-corrected chi connectivity index (χ1v) is 14.2. The van der Waals surface area contributed by atoms with Gasteiger partial charge in [-0.1, -0.05) is 18.2 Å². The number of carboxylic acids is 1. The lowest BCUT2D eigenvalue weighted by molar-refractivity contribution is -0.140. The second kappa shape index (κ2) is 11.5. The molecule has 4 heterocycles. The summed E-state index contributed by atoms with van der Waals surface area (Å²) in [5, 5.41) is 19.1. The Morgan fingerprint density at radius 1 is 1.13 bits per heavy atom. The van der Waals surface area contributed by atoms with Gasteiger partial charge in [0.15, 0.2) is 0 Å². The van der Waals surface area contributed by atoms with Crippen LogP contribution in [0.2, 0.25) is 0 Å². The highest BCUT2D eigenvalue weighted by atomic mass is 32.2. The van der Waals surface area contributed by atoms with Gasteiger partial charge in [0.1, 0.15) is 18.0 Å². The quantitative estimate of drug-likeness (QED) is 0.285. The van der Waals surface area contributed by atoms with Gasteiger partial charge in [-0.25, -0.2) is 9.79 Å². The molecule has 2 aliphatic rings. The van der Waals surface area contributed by atoms with E-state index in [4.69, 9.17) is 0 Å². The van der Waals surface area contributed by atoms with Gasteiger partial charge in [-0.3, -0.25) is 9.59 Å². The van der Waals surface area contributed by atoms with Crippen LogP contribution in [-0.2, 0) is 20.8 Å². The zero-order valence-corrected chi connectivity index (χ0v) is 22.2. The first-order chi connectivity index (χ1) is 18.4. The summed E-state index contributed by atoms with van der Waals surface area (Å²) in [6.07, 6.45) is 5.28. The fraction of sp³-hybridized carbons (Fsp3) is 0.370. The number of piperidine rings is 1. The molecule has 3 aromatic rings. The standard InChI is InChI=1S/C27H28N4O5S2/c32-14-19-18-3-1-2-4-20(18)30-23(19)25(34)31-21(26(35)36)13-29-24(33)22-12-16-11-17(37-27(16)38-22)6-5-15-7-9-28-10-8-15/h1-4,11-12,14-15,19,21,28H,5-10,13H2,(H,29,33)(H,31,34)(H,35,36). The van der Waals surface area contributed by atoms with E-state index >= 15 is 0 Å². The van der Waals surface area contributed by atoms with Gasteiger partial charge in [-0.15, -0.1) is 22.7 Å². The number of carbonyl (C=O) groups excluding carboxylic acids is 3. The minimum absolute atomic E-state index is 0.0618. The van der Waals surface area contributed by atoms with E-state index in [1.807, 2.05) is 6.07 Å². The number of aliphatic carboxylic acids is 1. The van der Waals surface area contributed by atoms with E-state index in [-0.39, 0.29) is 12.3 Å². The van der Waals surface area contributed by atoms with Gasteiger partial charge in [-0.05, 0) is 68.5 Å². The number of nitrogens with one attached hydrogen (secondary N) is 3.